The van der Waals surface area contributed by atoms with Crippen LogP contribution in [0.5, 0.6) is 0 Å². The zero-order valence-electron chi connectivity index (χ0n) is 6.34. The smallest absolute Gasteiger partial charge is 0.393 e. The minimum atomic E-state index is -6.33. The summed E-state index contributed by atoms with van der Waals surface area (Å²) in [6, 6.07) is 0. The van der Waals surface area contributed by atoms with Gasteiger partial charge in [-0.3, -0.25) is 0 Å². The van der Waals surface area contributed by atoms with Gasteiger partial charge in [-0.25, -0.2) is 0 Å². The van der Waals surface area contributed by atoms with E-state index in [0.717, 1.165) is 0 Å². The predicted octanol–water partition coefficient (Wildman–Crippen LogP) is 2.50. The van der Waals surface area contributed by atoms with Gasteiger partial charge in [-0.15, -0.1) is 0 Å². The Morgan fingerprint density at radius 3 is 1.57 bits per heavy atom. The number of nitrogens with two attached hydrogens (primary N) is 1. The highest BCUT2D eigenvalue weighted by Gasteiger charge is 2.72. The molecule has 0 amide bonds. The summed E-state index contributed by atoms with van der Waals surface area (Å²) >= 11 is 3.83. The second-order valence-corrected chi connectivity index (χ2v) is 2.94. The number of thiocarbonyl (C=S) groups is 1. The molecule has 0 aliphatic heterocycles. The average molecular weight is 243 g/mol. The molecule has 0 atom stereocenters. The summed E-state index contributed by atoms with van der Waals surface area (Å²) in [5.74, 6) is -11.5. The third-order valence-corrected chi connectivity index (χ3v) is 1.36. The number of hydrogen-bond acceptors (Lipinski definition) is 1. The Labute approximate surface area is 79.1 Å². The fourth-order valence-corrected chi connectivity index (χ4v) is 0.718. The van der Waals surface area contributed by atoms with Crippen molar-refractivity contribution >= 4 is 17.2 Å². The maximum absolute atomic E-state index is 12.3. The van der Waals surface area contributed by atoms with E-state index in [-0.39, 0.29) is 0 Å². The molecule has 9 heteroatoms. The molecular formula is C5H4F7NS. The molecule has 0 aromatic carbocycles. The van der Waals surface area contributed by atoms with Crippen molar-refractivity contribution in [1.82, 2.24) is 0 Å². The highest BCUT2D eigenvalue weighted by molar-refractivity contribution is 7.80. The van der Waals surface area contributed by atoms with E-state index >= 15 is 0 Å². The van der Waals surface area contributed by atoms with Crippen LogP contribution in [0.25, 0.3) is 0 Å². The molecule has 0 aromatic heterocycles. The molecule has 0 aliphatic carbocycles. The molecule has 0 heterocycles. The number of alkyl halides is 7. The second-order valence-electron chi connectivity index (χ2n) is 2.42. The largest absolute Gasteiger partial charge is 0.459 e. The van der Waals surface area contributed by atoms with Gasteiger partial charge in [-0.1, -0.05) is 12.2 Å². The molecule has 14 heavy (non-hydrogen) atoms. The van der Waals surface area contributed by atoms with Gasteiger partial charge in [0.05, 0.1) is 11.4 Å². The lowest BCUT2D eigenvalue weighted by atomic mass is 10.1. The third-order valence-electron chi connectivity index (χ3n) is 1.21. The van der Waals surface area contributed by atoms with Crippen molar-refractivity contribution in [1.29, 1.82) is 0 Å². The lowest BCUT2D eigenvalue weighted by molar-refractivity contribution is -0.352. The van der Waals surface area contributed by atoms with Crippen LogP contribution in [0.3, 0.4) is 0 Å². The Kier molecular flexibility index (Phi) is 3.37. The van der Waals surface area contributed by atoms with E-state index in [0.29, 0.717) is 0 Å². The fourth-order valence-electron chi connectivity index (χ4n) is 0.537. The maximum Gasteiger partial charge on any atom is 0.459 e. The SMILES string of the molecule is NC(=S)CC(F)(F)C(F)(F)C(F)(F)F. The molecule has 0 radical (unpaired) electrons. The van der Waals surface area contributed by atoms with Gasteiger partial charge in [0, 0.05) is 0 Å². The summed E-state index contributed by atoms with van der Waals surface area (Å²) in [7, 11) is 0. The van der Waals surface area contributed by atoms with E-state index in [1.807, 2.05) is 0 Å². The van der Waals surface area contributed by atoms with Crippen LogP contribution >= 0.6 is 12.2 Å². The molecule has 2 N–H and O–H groups in total. The van der Waals surface area contributed by atoms with Gasteiger partial charge >= 0.3 is 18.0 Å². The van der Waals surface area contributed by atoms with Crippen molar-refractivity contribution in [2.75, 3.05) is 0 Å². The normalized spacial score (nSPS) is 14.2. The Morgan fingerprint density at radius 1 is 1.00 bits per heavy atom. The Hall–Kier alpha value is -0.600. The summed E-state index contributed by atoms with van der Waals surface area (Å²) < 4.78 is 83.2. The molecule has 0 spiro atoms. The van der Waals surface area contributed by atoms with Gasteiger partial charge in [0.15, 0.2) is 0 Å². The number of hydrogen-bond donors (Lipinski definition) is 1. The highest BCUT2D eigenvalue weighted by Crippen LogP contribution is 2.47. The van der Waals surface area contributed by atoms with Gasteiger partial charge < -0.3 is 5.73 Å². The quantitative estimate of drug-likeness (QED) is 0.608. The van der Waals surface area contributed by atoms with Crippen molar-refractivity contribution in [3.63, 3.8) is 0 Å². The molecule has 0 unspecified atom stereocenters. The van der Waals surface area contributed by atoms with Crippen LogP contribution in [0, 0.1) is 0 Å². The van der Waals surface area contributed by atoms with Gasteiger partial charge in [-0.05, 0) is 0 Å². The first-order valence-electron chi connectivity index (χ1n) is 3.02. The predicted molar refractivity (Wildman–Crippen MR) is 37.4 cm³/mol. The van der Waals surface area contributed by atoms with Crippen LogP contribution in [0.2, 0.25) is 0 Å². The molecule has 84 valence electrons. The van der Waals surface area contributed by atoms with Crippen LogP contribution in [-0.2, 0) is 0 Å². The van der Waals surface area contributed by atoms with Crippen molar-refractivity contribution in [2.24, 2.45) is 5.73 Å². The highest BCUT2D eigenvalue weighted by atomic mass is 32.1. The van der Waals surface area contributed by atoms with Crippen molar-refractivity contribution in [2.45, 2.75) is 24.4 Å². The monoisotopic (exact) mass is 243 g/mol. The minimum Gasteiger partial charge on any atom is -0.393 e. The number of halogens is 7. The molecule has 0 aliphatic rings. The first-order valence-corrected chi connectivity index (χ1v) is 3.43. The third kappa shape index (κ3) is 2.46. The lowest BCUT2D eigenvalue weighted by Crippen LogP contribution is -2.53. The van der Waals surface area contributed by atoms with E-state index in [4.69, 9.17) is 0 Å². The summed E-state index contributed by atoms with van der Waals surface area (Å²) in [5.41, 5.74) is 4.47. The van der Waals surface area contributed by atoms with E-state index in [9.17, 15) is 30.7 Å². The average Bonchev–Trinajstić information content (AvgIpc) is 1.80. The standard InChI is InChI=1S/C5H4F7NS/c6-3(7,1-2(13)14)4(8,9)5(10,11)12/h1H2,(H2,13,14). The first kappa shape index (κ1) is 13.4. The van der Waals surface area contributed by atoms with Gasteiger partial charge in [-0.2, -0.15) is 30.7 Å². The Morgan fingerprint density at radius 2 is 1.36 bits per heavy atom. The lowest BCUT2D eigenvalue weighted by Gasteiger charge is -2.27. The van der Waals surface area contributed by atoms with E-state index in [1.54, 1.807) is 0 Å². The van der Waals surface area contributed by atoms with Gasteiger partial charge in [0.1, 0.15) is 0 Å². The van der Waals surface area contributed by atoms with Crippen LogP contribution in [-0.4, -0.2) is 23.0 Å². The zero-order valence-corrected chi connectivity index (χ0v) is 7.15. The topological polar surface area (TPSA) is 26.0 Å². The molecular weight excluding hydrogens is 239 g/mol. The Balaban J connectivity index is 4.97. The van der Waals surface area contributed by atoms with E-state index in [1.165, 1.54) is 0 Å². The Bertz CT molecular complexity index is 233. The van der Waals surface area contributed by atoms with Crippen LogP contribution in [0.4, 0.5) is 30.7 Å². The molecule has 0 aromatic rings. The van der Waals surface area contributed by atoms with Gasteiger partial charge in [0.25, 0.3) is 0 Å². The molecule has 0 saturated heterocycles. The van der Waals surface area contributed by atoms with Crippen LogP contribution < -0.4 is 5.73 Å². The van der Waals surface area contributed by atoms with Crippen molar-refractivity contribution in [3.05, 3.63) is 0 Å². The van der Waals surface area contributed by atoms with Crippen molar-refractivity contribution in [3.8, 4) is 0 Å². The van der Waals surface area contributed by atoms with E-state index in [2.05, 4.69) is 18.0 Å². The molecule has 0 rings (SSSR count). The number of rotatable bonds is 3. The maximum atomic E-state index is 12.3. The summed E-state index contributed by atoms with van der Waals surface area (Å²) in [5, 5.41) is 0. The molecule has 0 bridgehead atoms. The molecule has 0 fully saturated rings. The summed E-state index contributed by atoms with van der Waals surface area (Å²) in [4.78, 5) is -1.11. The summed E-state index contributed by atoms with van der Waals surface area (Å²) in [6.45, 7) is 0. The van der Waals surface area contributed by atoms with E-state index < -0.39 is 29.4 Å². The van der Waals surface area contributed by atoms with Gasteiger partial charge in [0.2, 0.25) is 0 Å². The second kappa shape index (κ2) is 3.52. The zero-order chi connectivity index (χ0) is 11.8. The van der Waals surface area contributed by atoms with Crippen LogP contribution in [0.1, 0.15) is 6.42 Å². The van der Waals surface area contributed by atoms with Crippen molar-refractivity contribution < 1.29 is 30.7 Å². The molecule has 0 saturated carbocycles. The first-order chi connectivity index (χ1) is 5.92. The summed E-state index contributed by atoms with van der Waals surface area (Å²) in [6.07, 6.45) is -8.32. The minimum absolute atomic E-state index is 1.11. The van der Waals surface area contributed by atoms with Crippen LogP contribution in [0.15, 0.2) is 0 Å². The fraction of sp³-hybridized carbons (Fsp3) is 0.800. The molecule has 1 nitrogen and oxygen atoms in total.